The molecule has 0 aliphatic rings. The number of ether oxygens (including phenoxy) is 3. The van der Waals surface area contributed by atoms with Crippen LogP contribution < -0.4 is 0 Å². The maximum Gasteiger partial charge on any atom is 0.306 e. The zero-order chi connectivity index (χ0) is 41.5. The molecule has 0 spiro atoms. The van der Waals surface area contributed by atoms with Crippen molar-refractivity contribution >= 4 is 17.9 Å². The molecule has 0 saturated heterocycles. The highest BCUT2D eigenvalue weighted by Crippen LogP contribution is 2.14. The Kier molecular flexibility index (Phi) is 43.5. The van der Waals surface area contributed by atoms with E-state index in [9.17, 15) is 14.4 Å². The molecule has 0 aromatic heterocycles. The monoisotopic (exact) mass is 797 g/mol. The zero-order valence-corrected chi connectivity index (χ0v) is 37.3. The van der Waals surface area contributed by atoms with Crippen molar-refractivity contribution in [3.63, 3.8) is 0 Å². The topological polar surface area (TPSA) is 78.9 Å². The number of hydrogen-bond acceptors (Lipinski definition) is 6. The van der Waals surface area contributed by atoms with Gasteiger partial charge in [-0.05, 0) is 77.0 Å². The van der Waals surface area contributed by atoms with Gasteiger partial charge in [-0.2, -0.15) is 0 Å². The van der Waals surface area contributed by atoms with E-state index in [0.717, 1.165) is 77.0 Å². The molecule has 0 aliphatic carbocycles. The lowest BCUT2D eigenvalue weighted by molar-refractivity contribution is -0.167. The van der Waals surface area contributed by atoms with Gasteiger partial charge in [0.05, 0.1) is 0 Å². The number of carbonyl (C=O) groups is 3. The largest absolute Gasteiger partial charge is 0.462 e. The summed E-state index contributed by atoms with van der Waals surface area (Å²) in [5.74, 6) is -0.964. The van der Waals surface area contributed by atoms with Gasteiger partial charge in [-0.3, -0.25) is 14.4 Å². The molecule has 6 heteroatoms. The molecule has 0 radical (unpaired) electrons. The first-order chi connectivity index (χ1) is 28.0. The Labute approximate surface area is 351 Å². The average molecular weight is 797 g/mol. The third-order valence-corrected chi connectivity index (χ3v) is 9.99. The lowest BCUT2D eigenvalue weighted by atomic mass is 10.1. The van der Waals surface area contributed by atoms with E-state index in [1.807, 2.05) is 0 Å². The first kappa shape index (κ1) is 54.1. The van der Waals surface area contributed by atoms with Gasteiger partial charge >= 0.3 is 17.9 Å². The number of rotatable bonds is 42. The summed E-state index contributed by atoms with van der Waals surface area (Å²) in [6, 6.07) is 0. The molecule has 0 N–H and O–H groups in total. The van der Waals surface area contributed by atoms with Crippen molar-refractivity contribution in [2.45, 2.75) is 232 Å². The lowest BCUT2D eigenvalue weighted by Gasteiger charge is -2.18. The third-order valence-electron chi connectivity index (χ3n) is 9.99. The van der Waals surface area contributed by atoms with Crippen molar-refractivity contribution < 1.29 is 28.6 Å². The molecule has 328 valence electrons. The van der Waals surface area contributed by atoms with Crippen LogP contribution in [0.3, 0.4) is 0 Å². The van der Waals surface area contributed by atoms with Crippen LogP contribution >= 0.6 is 0 Å². The summed E-state index contributed by atoms with van der Waals surface area (Å²) in [6.07, 6.45) is 54.9. The van der Waals surface area contributed by atoms with Crippen LogP contribution in [0.2, 0.25) is 0 Å². The molecular weight excluding hydrogens is 709 g/mol. The van der Waals surface area contributed by atoms with Gasteiger partial charge in [-0.15, -0.1) is 0 Å². The summed E-state index contributed by atoms with van der Waals surface area (Å²) in [5.41, 5.74) is 0. The van der Waals surface area contributed by atoms with Crippen LogP contribution in [0.5, 0.6) is 0 Å². The molecule has 0 saturated carbocycles. The summed E-state index contributed by atoms with van der Waals surface area (Å²) < 4.78 is 16.7. The Morgan fingerprint density at radius 1 is 0.351 bits per heavy atom. The van der Waals surface area contributed by atoms with Gasteiger partial charge in [0.15, 0.2) is 6.10 Å². The Bertz CT molecular complexity index is 1050. The predicted octanol–water partition coefficient (Wildman–Crippen LogP) is 15.3. The van der Waals surface area contributed by atoms with Gasteiger partial charge in [0.2, 0.25) is 0 Å². The normalized spacial score (nSPS) is 12.5. The second-order valence-electron chi connectivity index (χ2n) is 15.7. The van der Waals surface area contributed by atoms with Crippen LogP contribution in [0, 0.1) is 0 Å². The summed E-state index contributed by atoms with van der Waals surface area (Å²) in [6.45, 7) is 6.50. The standard InChI is InChI=1S/C51H88O6/c1-4-7-10-13-16-19-22-23-24-25-26-27-30-32-35-38-41-44-50(53)56-47-48(57-51(54)45-42-39-36-33-29-21-18-15-12-9-6-3)46-55-49(52)43-40-37-34-31-28-20-17-14-11-8-5-2/h15-16,18-19,23-24,26-27,32,35,48H,4-14,17,20-22,25,28-31,33-34,36-47H2,1-3H3/b18-15-,19-16-,24-23-,27-26-,35-32-/t48-/m1/s1. The SMILES string of the molecule is CCCC/C=C\CCCCCCCC(=O)O[C@@H](COC(=O)CCC/C=C\C/C=C\C/C=C\C/C=C\CCCCC)COC(=O)CCCCCCCCCCCCC. The second-order valence-corrected chi connectivity index (χ2v) is 15.7. The highest BCUT2D eigenvalue weighted by Gasteiger charge is 2.19. The zero-order valence-electron chi connectivity index (χ0n) is 37.3. The smallest absolute Gasteiger partial charge is 0.306 e. The van der Waals surface area contributed by atoms with E-state index in [1.54, 1.807) is 0 Å². The molecular formula is C51H88O6. The third kappa shape index (κ3) is 44.1. The summed E-state index contributed by atoms with van der Waals surface area (Å²) in [4.78, 5) is 37.7. The Balaban J connectivity index is 4.45. The van der Waals surface area contributed by atoms with Crippen molar-refractivity contribution in [1.29, 1.82) is 0 Å². The summed E-state index contributed by atoms with van der Waals surface area (Å²) in [7, 11) is 0. The molecule has 0 aliphatic heterocycles. The molecule has 1 atom stereocenters. The van der Waals surface area contributed by atoms with E-state index < -0.39 is 6.10 Å². The fourth-order valence-corrected chi connectivity index (χ4v) is 6.36. The molecule has 0 aromatic carbocycles. The van der Waals surface area contributed by atoms with Gasteiger partial charge in [-0.25, -0.2) is 0 Å². The van der Waals surface area contributed by atoms with Gasteiger partial charge in [0.1, 0.15) is 13.2 Å². The van der Waals surface area contributed by atoms with E-state index in [1.165, 1.54) is 103 Å². The van der Waals surface area contributed by atoms with Crippen LogP contribution in [0.1, 0.15) is 226 Å². The van der Waals surface area contributed by atoms with Gasteiger partial charge in [-0.1, -0.05) is 191 Å². The van der Waals surface area contributed by atoms with Crippen molar-refractivity contribution in [1.82, 2.24) is 0 Å². The van der Waals surface area contributed by atoms with Gasteiger partial charge in [0, 0.05) is 19.3 Å². The number of carbonyl (C=O) groups excluding carboxylic acids is 3. The Morgan fingerprint density at radius 3 is 1.16 bits per heavy atom. The summed E-state index contributed by atoms with van der Waals surface area (Å²) >= 11 is 0. The van der Waals surface area contributed by atoms with Crippen LogP contribution in [0.4, 0.5) is 0 Å². The number of allylic oxidation sites excluding steroid dienone is 10. The second kappa shape index (κ2) is 45.8. The predicted molar refractivity (Wildman–Crippen MR) is 242 cm³/mol. The van der Waals surface area contributed by atoms with E-state index in [-0.39, 0.29) is 37.5 Å². The number of esters is 3. The minimum absolute atomic E-state index is 0.0934. The Morgan fingerprint density at radius 2 is 0.667 bits per heavy atom. The van der Waals surface area contributed by atoms with Crippen LogP contribution in [0.15, 0.2) is 60.8 Å². The van der Waals surface area contributed by atoms with E-state index in [4.69, 9.17) is 14.2 Å². The quantitative estimate of drug-likeness (QED) is 0.0265. The van der Waals surface area contributed by atoms with Crippen LogP contribution in [-0.4, -0.2) is 37.2 Å². The highest BCUT2D eigenvalue weighted by atomic mass is 16.6. The minimum atomic E-state index is -0.796. The van der Waals surface area contributed by atoms with Crippen molar-refractivity contribution in [2.75, 3.05) is 13.2 Å². The van der Waals surface area contributed by atoms with Crippen molar-refractivity contribution in [3.05, 3.63) is 60.8 Å². The lowest BCUT2D eigenvalue weighted by Crippen LogP contribution is -2.30. The first-order valence-corrected chi connectivity index (χ1v) is 23.8. The fraction of sp³-hybridized carbons (Fsp3) is 0.745. The molecule has 0 bridgehead atoms. The molecule has 0 fully saturated rings. The van der Waals surface area contributed by atoms with Crippen molar-refractivity contribution in [3.8, 4) is 0 Å². The molecule has 0 heterocycles. The fourth-order valence-electron chi connectivity index (χ4n) is 6.36. The Hall–Kier alpha value is -2.89. The molecule has 57 heavy (non-hydrogen) atoms. The molecule has 0 rings (SSSR count). The summed E-state index contributed by atoms with van der Waals surface area (Å²) in [5, 5.41) is 0. The minimum Gasteiger partial charge on any atom is -0.462 e. The van der Waals surface area contributed by atoms with Crippen LogP contribution in [-0.2, 0) is 28.6 Å². The molecule has 0 aromatic rings. The van der Waals surface area contributed by atoms with Gasteiger partial charge < -0.3 is 14.2 Å². The number of hydrogen-bond donors (Lipinski definition) is 0. The first-order valence-electron chi connectivity index (χ1n) is 23.8. The molecule has 0 unspecified atom stereocenters. The van der Waals surface area contributed by atoms with Crippen LogP contribution in [0.25, 0.3) is 0 Å². The van der Waals surface area contributed by atoms with Crippen molar-refractivity contribution in [2.24, 2.45) is 0 Å². The van der Waals surface area contributed by atoms with Gasteiger partial charge in [0.25, 0.3) is 0 Å². The highest BCUT2D eigenvalue weighted by molar-refractivity contribution is 5.71. The maximum absolute atomic E-state index is 12.7. The number of unbranched alkanes of at least 4 members (excludes halogenated alkanes) is 21. The molecule has 0 amide bonds. The molecule has 6 nitrogen and oxygen atoms in total. The van der Waals surface area contributed by atoms with E-state index in [2.05, 4.69) is 81.5 Å². The maximum atomic E-state index is 12.7. The van der Waals surface area contributed by atoms with E-state index >= 15 is 0 Å². The van der Waals surface area contributed by atoms with E-state index in [0.29, 0.717) is 19.3 Å². The average Bonchev–Trinajstić information content (AvgIpc) is 3.21.